The molecule has 0 saturated heterocycles. The van der Waals surface area contributed by atoms with Crippen molar-refractivity contribution >= 4 is 0 Å². The minimum Gasteiger partial charge on any atom is -0.384 e. The summed E-state index contributed by atoms with van der Waals surface area (Å²) in [5, 5.41) is 0. The minimum atomic E-state index is 0.705. The number of methoxy groups -OCH3 is 1. The lowest BCUT2D eigenvalue weighted by molar-refractivity contribution is 0.164. The molecule has 2 unspecified atom stereocenters. The smallest absolute Gasteiger partial charge is 0.0493 e. The summed E-state index contributed by atoms with van der Waals surface area (Å²) in [6.07, 6.45) is 5.99. The molecule has 1 rings (SSSR count). The van der Waals surface area contributed by atoms with E-state index in [-0.39, 0.29) is 0 Å². The van der Waals surface area contributed by atoms with Crippen LogP contribution in [-0.2, 0) is 4.74 Å². The predicted molar refractivity (Wildman–Crippen MR) is 42.4 cm³/mol. The van der Waals surface area contributed by atoms with E-state index in [1.807, 2.05) is 0 Å². The lowest BCUT2D eigenvalue weighted by Gasteiger charge is -2.07. The Balaban J connectivity index is 2.15. The Bertz CT molecular complexity index is 90.7. The molecule has 0 aromatic carbocycles. The van der Waals surface area contributed by atoms with Crippen LogP contribution in [0.4, 0.5) is 0 Å². The summed E-state index contributed by atoms with van der Waals surface area (Å²) in [6.45, 7) is 4.80. The van der Waals surface area contributed by atoms with Gasteiger partial charge in [0.15, 0.2) is 0 Å². The quantitative estimate of drug-likeness (QED) is 0.583. The Morgan fingerprint density at radius 1 is 1.70 bits per heavy atom. The fourth-order valence-electron chi connectivity index (χ4n) is 1.59. The third-order valence-corrected chi connectivity index (χ3v) is 2.23. The monoisotopic (exact) mass is 140 g/mol. The van der Waals surface area contributed by atoms with Crippen molar-refractivity contribution in [2.45, 2.75) is 19.3 Å². The molecule has 0 aromatic rings. The van der Waals surface area contributed by atoms with E-state index in [2.05, 4.69) is 13.3 Å². The van der Waals surface area contributed by atoms with Gasteiger partial charge in [0.25, 0.3) is 0 Å². The van der Waals surface area contributed by atoms with Crippen LogP contribution >= 0.6 is 0 Å². The first-order valence-corrected chi connectivity index (χ1v) is 3.98. The van der Waals surface area contributed by atoms with Gasteiger partial charge in [0, 0.05) is 13.7 Å². The predicted octanol–water partition coefficient (Wildman–Crippen LogP) is 2.09. The van der Waals surface area contributed by atoms with E-state index in [1.165, 1.54) is 12.8 Å². The summed E-state index contributed by atoms with van der Waals surface area (Å²) < 4.78 is 5.07. The van der Waals surface area contributed by atoms with Crippen molar-refractivity contribution in [3.05, 3.63) is 13.3 Å². The average Bonchev–Trinajstić information content (AvgIpc) is 2.37. The van der Waals surface area contributed by atoms with Crippen LogP contribution in [-0.4, -0.2) is 13.7 Å². The van der Waals surface area contributed by atoms with Gasteiger partial charge in [-0.3, -0.25) is 0 Å². The first kappa shape index (κ1) is 8.06. The molecule has 0 spiro atoms. The molecule has 1 aliphatic carbocycles. The molecule has 1 aliphatic rings. The summed E-state index contributed by atoms with van der Waals surface area (Å²) in [6, 6.07) is 0. The van der Waals surface area contributed by atoms with Gasteiger partial charge in [-0.1, -0.05) is 13.3 Å². The van der Waals surface area contributed by atoms with Crippen molar-refractivity contribution in [2.24, 2.45) is 11.8 Å². The number of ether oxygens (including phenoxy) is 1. The maximum absolute atomic E-state index is 5.07. The second-order valence-corrected chi connectivity index (χ2v) is 3.08. The van der Waals surface area contributed by atoms with Crippen LogP contribution in [0.5, 0.6) is 0 Å². The van der Waals surface area contributed by atoms with Gasteiger partial charge in [-0.15, -0.1) is 0 Å². The molecule has 10 heavy (non-hydrogen) atoms. The van der Waals surface area contributed by atoms with E-state index in [0.29, 0.717) is 5.92 Å². The summed E-state index contributed by atoms with van der Waals surface area (Å²) >= 11 is 0. The van der Waals surface area contributed by atoms with Crippen LogP contribution in [0.15, 0.2) is 0 Å². The zero-order chi connectivity index (χ0) is 7.40. The van der Waals surface area contributed by atoms with Gasteiger partial charge in [0.1, 0.15) is 0 Å². The van der Waals surface area contributed by atoms with Crippen molar-refractivity contribution in [2.75, 3.05) is 13.7 Å². The van der Waals surface area contributed by atoms with Crippen LogP contribution in [0.3, 0.4) is 0 Å². The largest absolute Gasteiger partial charge is 0.384 e. The molecule has 1 nitrogen and oxygen atoms in total. The summed E-state index contributed by atoms with van der Waals surface area (Å²) in [4.78, 5) is 0. The Morgan fingerprint density at radius 3 is 3.00 bits per heavy atom. The highest BCUT2D eigenvalue weighted by atomic mass is 16.5. The van der Waals surface area contributed by atoms with Crippen molar-refractivity contribution in [1.29, 1.82) is 0 Å². The van der Waals surface area contributed by atoms with Gasteiger partial charge in [0.05, 0.1) is 0 Å². The first-order chi connectivity index (χ1) is 4.86. The molecule has 2 atom stereocenters. The molecule has 0 heterocycles. The molecule has 0 N–H and O–H groups in total. The highest BCUT2D eigenvalue weighted by Gasteiger charge is 2.22. The SMILES string of the molecule is [CH2]CC1C[CH]C(COC)C1. The molecule has 1 heteroatoms. The Hall–Kier alpha value is -0.0400. The van der Waals surface area contributed by atoms with Crippen LogP contribution < -0.4 is 0 Å². The lowest BCUT2D eigenvalue weighted by Crippen LogP contribution is -2.03. The van der Waals surface area contributed by atoms with Crippen LogP contribution in [0.25, 0.3) is 0 Å². The molecule has 1 saturated carbocycles. The van der Waals surface area contributed by atoms with Gasteiger partial charge in [-0.25, -0.2) is 0 Å². The zero-order valence-electron chi connectivity index (χ0n) is 6.68. The maximum atomic E-state index is 5.07. The topological polar surface area (TPSA) is 9.23 Å². The van der Waals surface area contributed by atoms with E-state index < -0.39 is 0 Å². The van der Waals surface area contributed by atoms with Crippen molar-refractivity contribution in [3.8, 4) is 0 Å². The van der Waals surface area contributed by atoms with Gasteiger partial charge in [-0.2, -0.15) is 0 Å². The Morgan fingerprint density at radius 2 is 2.50 bits per heavy atom. The zero-order valence-corrected chi connectivity index (χ0v) is 6.68. The van der Waals surface area contributed by atoms with E-state index in [9.17, 15) is 0 Å². The molecule has 0 aliphatic heterocycles. The molecule has 0 amide bonds. The van der Waals surface area contributed by atoms with Gasteiger partial charge >= 0.3 is 0 Å². The number of hydrogen-bond donors (Lipinski definition) is 0. The summed E-state index contributed by atoms with van der Waals surface area (Å²) in [5.74, 6) is 1.54. The second kappa shape index (κ2) is 3.97. The van der Waals surface area contributed by atoms with Crippen molar-refractivity contribution in [1.82, 2.24) is 0 Å². The summed E-state index contributed by atoms with van der Waals surface area (Å²) in [7, 11) is 1.77. The molecule has 2 radical (unpaired) electrons. The molecule has 58 valence electrons. The number of rotatable bonds is 3. The fourth-order valence-corrected chi connectivity index (χ4v) is 1.59. The van der Waals surface area contributed by atoms with Crippen LogP contribution in [0.2, 0.25) is 0 Å². The van der Waals surface area contributed by atoms with E-state index in [0.717, 1.165) is 18.9 Å². The summed E-state index contributed by atoms with van der Waals surface area (Å²) in [5.41, 5.74) is 0. The molecular weight excluding hydrogens is 124 g/mol. The second-order valence-electron chi connectivity index (χ2n) is 3.08. The van der Waals surface area contributed by atoms with E-state index in [4.69, 9.17) is 4.74 Å². The van der Waals surface area contributed by atoms with E-state index in [1.54, 1.807) is 7.11 Å². The van der Waals surface area contributed by atoms with E-state index >= 15 is 0 Å². The fraction of sp³-hybridized carbons (Fsp3) is 0.778. The highest BCUT2D eigenvalue weighted by Crippen LogP contribution is 2.31. The Labute approximate surface area is 63.8 Å². The molecule has 1 fully saturated rings. The molecule has 0 bridgehead atoms. The first-order valence-electron chi connectivity index (χ1n) is 3.98. The van der Waals surface area contributed by atoms with Gasteiger partial charge in [-0.05, 0) is 31.1 Å². The normalized spacial score (nSPS) is 33.0. The number of hydrogen-bond acceptors (Lipinski definition) is 1. The maximum Gasteiger partial charge on any atom is 0.0493 e. The van der Waals surface area contributed by atoms with Crippen LogP contribution in [0, 0.1) is 25.2 Å². The van der Waals surface area contributed by atoms with Gasteiger partial charge < -0.3 is 4.74 Å². The average molecular weight is 140 g/mol. The highest BCUT2D eigenvalue weighted by molar-refractivity contribution is 4.88. The van der Waals surface area contributed by atoms with Gasteiger partial charge in [0.2, 0.25) is 0 Å². The lowest BCUT2D eigenvalue weighted by atomic mass is 10.0. The van der Waals surface area contributed by atoms with Crippen molar-refractivity contribution < 1.29 is 4.74 Å². The van der Waals surface area contributed by atoms with Crippen molar-refractivity contribution in [3.63, 3.8) is 0 Å². The standard InChI is InChI=1S/C9H16O/c1-3-8-4-5-9(6-8)7-10-2/h5,8-9H,1,3-4,6-7H2,2H3. The third-order valence-electron chi connectivity index (χ3n) is 2.23. The minimum absolute atomic E-state index is 0.705. The Kier molecular flexibility index (Phi) is 3.20. The molecular formula is C9H16O. The molecule has 0 aromatic heterocycles. The third kappa shape index (κ3) is 1.98. The van der Waals surface area contributed by atoms with Crippen LogP contribution in [0.1, 0.15) is 19.3 Å².